The Morgan fingerprint density at radius 3 is 2.65 bits per heavy atom. The van der Waals surface area contributed by atoms with E-state index in [0.717, 1.165) is 29.0 Å². The van der Waals surface area contributed by atoms with Crippen molar-refractivity contribution in [2.45, 2.75) is 38.6 Å². The number of hydrogen-bond acceptors (Lipinski definition) is 4. The topological polar surface area (TPSA) is 62.3 Å². The number of rotatable bonds is 6. The number of nitrogens with one attached hydrogen (secondary N) is 1. The second-order valence-electron chi connectivity index (χ2n) is 7.64. The van der Waals surface area contributed by atoms with E-state index in [2.05, 4.69) is 10.3 Å². The number of nitrogens with zero attached hydrogens (tertiary/aromatic N) is 2. The predicted octanol–water partition coefficient (Wildman–Crippen LogP) is 4.87. The Labute approximate surface area is 184 Å². The molecule has 31 heavy (non-hydrogen) atoms. The van der Waals surface area contributed by atoms with Gasteiger partial charge < -0.3 is 4.90 Å². The van der Waals surface area contributed by atoms with Crippen LogP contribution in [-0.4, -0.2) is 28.2 Å². The fraction of sp³-hybridized carbons (Fsp3) is 0.292. The van der Waals surface area contributed by atoms with Crippen LogP contribution in [0.25, 0.3) is 0 Å². The number of piperidine rings is 1. The van der Waals surface area contributed by atoms with Crippen LogP contribution in [0.5, 0.6) is 0 Å². The third-order valence-electron chi connectivity index (χ3n) is 5.47. The summed E-state index contributed by atoms with van der Waals surface area (Å²) in [6.07, 6.45) is 2.60. The van der Waals surface area contributed by atoms with Crippen LogP contribution in [0.4, 0.5) is 9.52 Å². The number of halogens is 1. The SMILES string of the molecule is Cc1nc(NC(=O)C(c2ccccc2)N2CCCCC2=O)sc1Cc1ccccc1F. The van der Waals surface area contributed by atoms with Crippen LogP contribution < -0.4 is 5.32 Å². The maximum atomic E-state index is 14.0. The van der Waals surface area contributed by atoms with Crippen molar-refractivity contribution >= 4 is 28.3 Å². The van der Waals surface area contributed by atoms with Crippen LogP contribution in [0, 0.1) is 12.7 Å². The maximum absolute atomic E-state index is 14.0. The first kappa shape index (κ1) is 21.2. The van der Waals surface area contributed by atoms with Crippen LogP contribution in [-0.2, 0) is 16.0 Å². The van der Waals surface area contributed by atoms with Crippen LogP contribution in [0.3, 0.4) is 0 Å². The van der Waals surface area contributed by atoms with E-state index < -0.39 is 6.04 Å². The number of aromatic nitrogens is 1. The van der Waals surface area contributed by atoms with E-state index in [4.69, 9.17) is 0 Å². The number of aryl methyl sites for hydroxylation is 1. The highest BCUT2D eigenvalue weighted by Crippen LogP contribution is 2.30. The van der Waals surface area contributed by atoms with Gasteiger partial charge in [-0.2, -0.15) is 0 Å². The Kier molecular flexibility index (Phi) is 6.42. The Morgan fingerprint density at radius 1 is 1.16 bits per heavy atom. The minimum Gasteiger partial charge on any atom is -0.327 e. The summed E-state index contributed by atoms with van der Waals surface area (Å²) in [7, 11) is 0. The molecule has 1 N–H and O–H groups in total. The average molecular weight is 438 g/mol. The standard InChI is InChI=1S/C24H24FN3O2S/c1-16-20(15-18-11-5-6-12-19(18)25)31-24(26-16)27-23(30)22(17-9-3-2-4-10-17)28-14-8-7-13-21(28)29/h2-6,9-12,22H,7-8,13-15H2,1H3,(H,26,27,30). The zero-order chi connectivity index (χ0) is 21.8. The first-order valence-corrected chi connectivity index (χ1v) is 11.2. The molecule has 1 atom stereocenters. The molecule has 2 aromatic carbocycles. The van der Waals surface area contributed by atoms with Gasteiger partial charge >= 0.3 is 0 Å². The lowest BCUT2D eigenvalue weighted by atomic mass is 10.0. The van der Waals surface area contributed by atoms with Crippen molar-refractivity contribution in [2.75, 3.05) is 11.9 Å². The third kappa shape index (κ3) is 4.82. The van der Waals surface area contributed by atoms with Gasteiger partial charge in [0, 0.05) is 24.3 Å². The molecule has 1 aromatic heterocycles. The number of likely N-dealkylation sites (tertiary alicyclic amines) is 1. The molecule has 1 aliphatic rings. The van der Waals surface area contributed by atoms with Gasteiger partial charge in [-0.05, 0) is 37.0 Å². The van der Waals surface area contributed by atoms with Gasteiger partial charge in [-0.1, -0.05) is 48.5 Å². The monoisotopic (exact) mass is 437 g/mol. The molecule has 160 valence electrons. The molecular formula is C24H24FN3O2S. The van der Waals surface area contributed by atoms with Gasteiger partial charge in [-0.15, -0.1) is 11.3 Å². The number of anilines is 1. The summed E-state index contributed by atoms with van der Waals surface area (Å²) < 4.78 is 14.0. The average Bonchev–Trinajstić information content (AvgIpc) is 3.10. The van der Waals surface area contributed by atoms with E-state index in [9.17, 15) is 14.0 Å². The minimum absolute atomic E-state index is 0.00851. The molecule has 2 heterocycles. The first-order valence-electron chi connectivity index (χ1n) is 10.4. The summed E-state index contributed by atoms with van der Waals surface area (Å²) in [6, 6.07) is 15.3. The molecule has 4 rings (SSSR count). The fourth-order valence-electron chi connectivity index (χ4n) is 3.84. The lowest BCUT2D eigenvalue weighted by Crippen LogP contribution is -2.43. The number of carbonyl (C=O) groups is 2. The van der Waals surface area contributed by atoms with Crippen LogP contribution >= 0.6 is 11.3 Å². The summed E-state index contributed by atoms with van der Waals surface area (Å²) in [6.45, 7) is 2.41. The molecule has 3 aromatic rings. The Morgan fingerprint density at radius 2 is 1.90 bits per heavy atom. The number of amides is 2. The summed E-state index contributed by atoms with van der Waals surface area (Å²) in [5, 5.41) is 3.36. The molecule has 1 saturated heterocycles. The quantitative estimate of drug-likeness (QED) is 0.598. The van der Waals surface area contributed by atoms with Gasteiger partial charge in [0.2, 0.25) is 5.91 Å². The normalized spacial score (nSPS) is 15.0. The molecule has 2 amide bonds. The maximum Gasteiger partial charge on any atom is 0.253 e. The number of benzene rings is 2. The van der Waals surface area contributed by atoms with Crippen molar-refractivity contribution in [1.82, 2.24) is 9.88 Å². The summed E-state index contributed by atoms with van der Waals surface area (Å²) in [5.74, 6) is -0.549. The van der Waals surface area contributed by atoms with Gasteiger partial charge in [0.15, 0.2) is 5.13 Å². The highest BCUT2D eigenvalue weighted by Gasteiger charge is 2.33. The predicted molar refractivity (Wildman–Crippen MR) is 119 cm³/mol. The highest BCUT2D eigenvalue weighted by molar-refractivity contribution is 7.15. The van der Waals surface area contributed by atoms with Crippen molar-refractivity contribution in [3.8, 4) is 0 Å². The van der Waals surface area contributed by atoms with E-state index in [1.165, 1.54) is 17.4 Å². The molecule has 1 unspecified atom stereocenters. The lowest BCUT2D eigenvalue weighted by Gasteiger charge is -2.33. The Balaban J connectivity index is 1.56. The fourth-order valence-corrected chi connectivity index (χ4v) is 4.83. The van der Waals surface area contributed by atoms with Crippen LogP contribution in [0.2, 0.25) is 0 Å². The van der Waals surface area contributed by atoms with Crippen molar-refractivity contribution in [2.24, 2.45) is 0 Å². The van der Waals surface area contributed by atoms with Gasteiger partial charge in [0.25, 0.3) is 5.91 Å². The van der Waals surface area contributed by atoms with Crippen molar-refractivity contribution in [3.05, 3.63) is 82.1 Å². The second kappa shape index (κ2) is 9.39. The van der Waals surface area contributed by atoms with Crippen LogP contribution in [0.15, 0.2) is 54.6 Å². The van der Waals surface area contributed by atoms with Crippen LogP contribution in [0.1, 0.15) is 47.0 Å². The number of carbonyl (C=O) groups excluding carboxylic acids is 2. The molecule has 7 heteroatoms. The molecule has 0 spiro atoms. The van der Waals surface area contributed by atoms with E-state index in [1.807, 2.05) is 37.3 Å². The largest absolute Gasteiger partial charge is 0.327 e. The van der Waals surface area contributed by atoms with E-state index in [-0.39, 0.29) is 17.6 Å². The van der Waals surface area contributed by atoms with Gasteiger partial charge in [0.05, 0.1) is 5.69 Å². The van der Waals surface area contributed by atoms with Gasteiger partial charge in [-0.25, -0.2) is 9.37 Å². The number of hydrogen-bond donors (Lipinski definition) is 1. The molecule has 1 aliphatic heterocycles. The van der Waals surface area contributed by atoms with Gasteiger partial charge in [-0.3, -0.25) is 14.9 Å². The lowest BCUT2D eigenvalue weighted by molar-refractivity contribution is -0.141. The third-order valence-corrected chi connectivity index (χ3v) is 6.54. The van der Waals surface area contributed by atoms with E-state index in [0.29, 0.717) is 30.1 Å². The van der Waals surface area contributed by atoms with Crippen molar-refractivity contribution in [3.63, 3.8) is 0 Å². The smallest absolute Gasteiger partial charge is 0.253 e. The first-order chi connectivity index (χ1) is 15.0. The van der Waals surface area contributed by atoms with Crippen molar-refractivity contribution in [1.29, 1.82) is 0 Å². The molecule has 5 nitrogen and oxygen atoms in total. The summed E-state index contributed by atoms with van der Waals surface area (Å²) in [4.78, 5) is 32.9. The molecule has 0 bridgehead atoms. The minimum atomic E-state index is -0.701. The molecule has 0 aliphatic carbocycles. The summed E-state index contributed by atoms with van der Waals surface area (Å²) >= 11 is 1.34. The van der Waals surface area contributed by atoms with E-state index >= 15 is 0 Å². The Bertz CT molecular complexity index is 1080. The number of thiazole rings is 1. The van der Waals surface area contributed by atoms with E-state index in [1.54, 1.807) is 23.1 Å². The zero-order valence-corrected chi connectivity index (χ0v) is 18.1. The molecule has 0 radical (unpaired) electrons. The second-order valence-corrected chi connectivity index (χ2v) is 8.73. The molecule has 1 fully saturated rings. The van der Waals surface area contributed by atoms with Crippen molar-refractivity contribution < 1.29 is 14.0 Å². The Hall–Kier alpha value is -3.06. The summed E-state index contributed by atoms with van der Waals surface area (Å²) in [5.41, 5.74) is 2.12. The van der Waals surface area contributed by atoms with Gasteiger partial charge in [0.1, 0.15) is 11.9 Å². The zero-order valence-electron chi connectivity index (χ0n) is 17.3. The molecule has 0 saturated carbocycles. The highest BCUT2D eigenvalue weighted by atomic mass is 32.1. The molecular weight excluding hydrogens is 413 g/mol.